The molecule has 0 fully saturated rings. The lowest BCUT2D eigenvalue weighted by molar-refractivity contribution is -0.111. The molecule has 118 valence electrons. The molecule has 1 aromatic carbocycles. The molecule has 4 rings (SSSR count). The molecule has 3 heterocycles. The fourth-order valence-corrected chi connectivity index (χ4v) is 3.02. The molecule has 24 heavy (non-hydrogen) atoms. The van der Waals surface area contributed by atoms with Gasteiger partial charge in [0, 0.05) is 35.1 Å². The fraction of sp³-hybridized carbons (Fsp3) is 0. The Morgan fingerprint density at radius 3 is 2.88 bits per heavy atom. The molecule has 1 N–H and O–H groups in total. The molecule has 0 bridgehead atoms. The van der Waals surface area contributed by atoms with Crippen molar-refractivity contribution in [2.75, 3.05) is 5.32 Å². The maximum Gasteiger partial charge on any atom is 0.248 e. The van der Waals surface area contributed by atoms with E-state index in [4.69, 9.17) is 4.42 Å². The molecule has 0 saturated heterocycles. The minimum absolute atomic E-state index is 0.207. The molecular weight excluding hydrogens is 322 g/mol. The molecule has 6 heteroatoms. The second-order valence-electron chi connectivity index (χ2n) is 5.13. The molecule has 1 amide bonds. The molecular formula is C18H13N3O2S. The SMILES string of the molecule is O=C(C=Cc1ccco1)Nc1ccc(-c2cn3ccsc3n2)cc1. The summed E-state index contributed by atoms with van der Waals surface area (Å²) in [5.74, 6) is 0.432. The lowest BCUT2D eigenvalue weighted by atomic mass is 10.1. The van der Waals surface area contributed by atoms with Gasteiger partial charge in [0.1, 0.15) is 5.76 Å². The average Bonchev–Trinajstić information content (AvgIpc) is 3.30. The molecule has 0 unspecified atom stereocenters. The van der Waals surface area contributed by atoms with E-state index in [1.54, 1.807) is 35.8 Å². The maximum absolute atomic E-state index is 11.9. The highest BCUT2D eigenvalue weighted by Crippen LogP contribution is 2.23. The van der Waals surface area contributed by atoms with Crippen LogP contribution < -0.4 is 5.32 Å². The van der Waals surface area contributed by atoms with Crippen LogP contribution in [0.1, 0.15) is 5.76 Å². The molecule has 0 aliphatic rings. The predicted molar refractivity (Wildman–Crippen MR) is 94.9 cm³/mol. The third kappa shape index (κ3) is 3.00. The van der Waals surface area contributed by atoms with Crippen molar-refractivity contribution in [2.24, 2.45) is 0 Å². The minimum Gasteiger partial charge on any atom is -0.465 e. The van der Waals surface area contributed by atoms with E-state index >= 15 is 0 Å². The number of nitrogens with one attached hydrogen (secondary N) is 1. The Hall–Kier alpha value is -3.12. The quantitative estimate of drug-likeness (QED) is 0.565. The third-order valence-corrected chi connectivity index (χ3v) is 4.25. The molecule has 0 aliphatic carbocycles. The Balaban J connectivity index is 1.45. The van der Waals surface area contributed by atoms with E-state index in [1.165, 1.54) is 6.08 Å². The van der Waals surface area contributed by atoms with Crippen LogP contribution in [0.15, 0.2) is 70.9 Å². The van der Waals surface area contributed by atoms with Crippen LogP contribution in [0.2, 0.25) is 0 Å². The lowest BCUT2D eigenvalue weighted by Gasteiger charge is -2.03. The van der Waals surface area contributed by atoms with Crippen molar-refractivity contribution in [1.29, 1.82) is 0 Å². The van der Waals surface area contributed by atoms with Crippen LogP contribution in [0.5, 0.6) is 0 Å². The van der Waals surface area contributed by atoms with Crippen LogP contribution in [0.4, 0.5) is 5.69 Å². The van der Waals surface area contributed by atoms with Crippen molar-refractivity contribution in [3.8, 4) is 11.3 Å². The van der Waals surface area contributed by atoms with Crippen molar-refractivity contribution in [1.82, 2.24) is 9.38 Å². The van der Waals surface area contributed by atoms with Crippen LogP contribution in [0, 0.1) is 0 Å². The number of fused-ring (bicyclic) bond motifs is 1. The van der Waals surface area contributed by atoms with Gasteiger partial charge in [0.05, 0.1) is 12.0 Å². The molecule has 0 radical (unpaired) electrons. The zero-order valence-electron chi connectivity index (χ0n) is 12.5. The van der Waals surface area contributed by atoms with E-state index in [-0.39, 0.29) is 5.91 Å². The van der Waals surface area contributed by atoms with Gasteiger partial charge in [-0.25, -0.2) is 4.98 Å². The number of carbonyl (C=O) groups is 1. The van der Waals surface area contributed by atoms with Crippen molar-refractivity contribution in [3.05, 3.63) is 72.3 Å². The monoisotopic (exact) mass is 335 g/mol. The highest BCUT2D eigenvalue weighted by molar-refractivity contribution is 7.15. The number of anilines is 1. The molecule has 0 aliphatic heterocycles. The predicted octanol–water partition coefficient (Wildman–Crippen LogP) is 4.31. The van der Waals surface area contributed by atoms with Crippen molar-refractivity contribution in [3.63, 3.8) is 0 Å². The van der Waals surface area contributed by atoms with Crippen LogP contribution in [0.3, 0.4) is 0 Å². The summed E-state index contributed by atoms with van der Waals surface area (Å²) in [4.78, 5) is 17.4. The summed E-state index contributed by atoms with van der Waals surface area (Å²) in [5, 5.41) is 4.81. The van der Waals surface area contributed by atoms with E-state index in [0.717, 1.165) is 21.9 Å². The summed E-state index contributed by atoms with van der Waals surface area (Å²) < 4.78 is 7.14. The first kappa shape index (κ1) is 14.5. The van der Waals surface area contributed by atoms with Gasteiger partial charge in [-0.1, -0.05) is 12.1 Å². The van der Waals surface area contributed by atoms with Crippen LogP contribution in [0.25, 0.3) is 22.3 Å². The smallest absolute Gasteiger partial charge is 0.248 e. The Labute approximate surface area is 141 Å². The lowest BCUT2D eigenvalue weighted by Crippen LogP contribution is -2.07. The summed E-state index contributed by atoms with van der Waals surface area (Å²) in [6.07, 6.45) is 8.61. The van der Waals surface area contributed by atoms with Crippen LogP contribution in [-0.2, 0) is 4.79 Å². The zero-order chi connectivity index (χ0) is 16.4. The number of aromatic nitrogens is 2. The molecule has 3 aromatic heterocycles. The van der Waals surface area contributed by atoms with E-state index < -0.39 is 0 Å². The summed E-state index contributed by atoms with van der Waals surface area (Å²) in [5.41, 5.74) is 2.65. The first-order valence-electron chi connectivity index (χ1n) is 7.33. The van der Waals surface area contributed by atoms with Gasteiger partial charge in [0.2, 0.25) is 5.91 Å². The number of rotatable bonds is 4. The molecule has 0 atom stereocenters. The molecule has 0 spiro atoms. The zero-order valence-corrected chi connectivity index (χ0v) is 13.4. The Bertz CT molecular complexity index is 966. The van der Waals surface area contributed by atoms with Gasteiger partial charge in [-0.15, -0.1) is 11.3 Å². The maximum atomic E-state index is 11.9. The number of hydrogen-bond acceptors (Lipinski definition) is 4. The third-order valence-electron chi connectivity index (χ3n) is 3.48. The highest BCUT2D eigenvalue weighted by atomic mass is 32.1. The van der Waals surface area contributed by atoms with Crippen LogP contribution >= 0.6 is 11.3 Å². The van der Waals surface area contributed by atoms with Crippen molar-refractivity contribution < 1.29 is 9.21 Å². The standard InChI is InChI=1S/C18H13N3O2S/c22-17(8-7-15-2-1-10-23-15)19-14-5-3-13(4-6-14)16-12-21-9-11-24-18(21)20-16/h1-12H,(H,19,22). The Morgan fingerprint density at radius 1 is 1.25 bits per heavy atom. The highest BCUT2D eigenvalue weighted by Gasteiger charge is 2.05. The second kappa shape index (κ2) is 6.17. The summed E-state index contributed by atoms with van der Waals surface area (Å²) in [6, 6.07) is 11.2. The number of hydrogen-bond donors (Lipinski definition) is 1. The summed E-state index contributed by atoms with van der Waals surface area (Å²) in [6.45, 7) is 0. The van der Waals surface area contributed by atoms with E-state index in [2.05, 4.69) is 10.3 Å². The topological polar surface area (TPSA) is 59.5 Å². The normalized spacial score (nSPS) is 11.3. The number of amides is 1. The van der Waals surface area contributed by atoms with Gasteiger partial charge in [-0.05, 0) is 30.3 Å². The van der Waals surface area contributed by atoms with Gasteiger partial charge in [-0.2, -0.15) is 0 Å². The van der Waals surface area contributed by atoms with Gasteiger partial charge in [0.15, 0.2) is 4.96 Å². The Morgan fingerprint density at radius 2 is 2.12 bits per heavy atom. The number of thiazole rings is 1. The Kier molecular flexibility index (Phi) is 3.72. The number of imidazole rings is 1. The van der Waals surface area contributed by atoms with E-state index in [1.807, 2.05) is 46.4 Å². The van der Waals surface area contributed by atoms with Gasteiger partial charge < -0.3 is 9.73 Å². The summed E-state index contributed by atoms with van der Waals surface area (Å²) >= 11 is 1.60. The second-order valence-corrected chi connectivity index (χ2v) is 6.01. The molecule has 4 aromatic rings. The minimum atomic E-state index is -0.207. The van der Waals surface area contributed by atoms with Gasteiger partial charge >= 0.3 is 0 Å². The number of nitrogens with zero attached hydrogens (tertiary/aromatic N) is 2. The van der Waals surface area contributed by atoms with Gasteiger partial charge in [-0.3, -0.25) is 9.20 Å². The van der Waals surface area contributed by atoms with Gasteiger partial charge in [0.25, 0.3) is 0 Å². The van der Waals surface area contributed by atoms with E-state index in [9.17, 15) is 4.79 Å². The van der Waals surface area contributed by atoms with Crippen molar-refractivity contribution in [2.45, 2.75) is 0 Å². The van der Waals surface area contributed by atoms with Crippen molar-refractivity contribution >= 4 is 34.0 Å². The largest absolute Gasteiger partial charge is 0.465 e. The first-order valence-corrected chi connectivity index (χ1v) is 8.21. The van der Waals surface area contributed by atoms with Crippen LogP contribution in [-0.4, -0.2) is 15.3 Å². The average molecular weight is 335 g/mol. The number of carbonyl (C=O) groups excluding carboxylic acids is 1. The molecule has 0 saturated carbocycles. The number of benzene rings is 1. The summed E-state index contributed by atoms with van der Waals surface area (Å²) in [7, 11) is 0. The number of furan rings is 1. The fourth-order valence-electron chi connectivity index (χ4n) is 2.32. The van der Waals surface area contributed by atoms with E-state index in [0.29, 0.717) is 5.76 Å². The first-order chi connectivity index (χ1) is 11.8. The molecule has 5 nitrogen and oxygen atoms in total.